The molecule has 0 radical (unpaired) electrons. The van der Waals surface area contributed by atoms with Crippen LogP contribution in [0.3, 0.4) is 0 Å². The lowest BCUT2D eigenvalue weighted by atomic mass is 10.1. The van der Waals surface area contributed by atoms with E-state index >= 15 is 0 Å². The number of nitrogens with two attached hydrogens (primary N) is 1. The number of hydrogen-bond donors (Lipinski definition) is 2. The van der Waals surface area contributed by atoms with Crippen LogP contribution in [0.25, 0.3) is 0 Å². The van der Waals surface area contributed by atoms with E-state index in [-0.39, 0.29) is 24.4 Å². The second-order valence-corrected chi connectivity index (χ2v) is 5.80. The highest BCUT2D eigenvalue weighted by Crippen LogP contribution is 2.25. The van der Waals surface area contributed by atoms with Gasteiger partial charge in [-0.3, -0.25) is 0 Å². The molecule has 106 valence electrons. The van der Waals surface area contributed by atoms with Crippen molar-refractivity contribution in [1.29, 1.82) is 0 Å². The summed E-state index contributed by atoms with van der Waals surface area (Å²) in [6.07, 6.45) is 1.65. The van der Waals surface area contributed by atoms with E-state index in [9.17, 15) is 5.11 Å². The minimum atomic E-state index is -0.285. The second-order valence-electron chi connectivity index (χ2n) is 5.80. The maximum absolute atomic E-state index is 9.32. The summed E-state index contributed by atoms with van der Waals surface area (Å²) in [6.45, 7) is 7.43. The highest BCUT2D eigenvalue weighted by Gasteiger charge is 2.33. The average Bonchev–Trinajstić information content (AvgIpc) is 2.37. The van der Waals surface area contributed by atoms with Gasteiger partial charge in [0.05, 0.1) is 18.3 Å². The van der Waals surface area contributed by atoms with Crippen molar-refractivity contribution in [1.82, 2.24) is 4.98 Å². The number of morpholine rings is 1. The number of rotatable bonds is 3. The van der Waals surface area contributed by atoms with Gasteiger partial charge >= 0.3 is 0 Å². The summed E-state index contributed by atoms with van der Waals surface area (Å²) in [6, 6.07) is 3.98. The van der Waals surface area contributed by atoms with Crippen LogP contribution in [0.2, 0.25) is 0 Å². The van der Waals surface area contributed by atoms with Crippen molar-refractivity contribution in [3.8, 4) is 0 Å². The van der Waals surface area contributed by atoms with Gasteiger partial charge < -0.3 is 20.5 Å². The Morgan fingerprint density at radius 1 is 1.58 bits per heavy atom. The molecule has 1 aliphatic heterocycles. The van der Waals surface area contributed by atoms with Crippen molar-refractivity contribution in [2.75, 3.05) is 24.6 Å². The Kier molecular flexibility index (Phi) is 4.08. The molecule has 2 atom stereocenters. The average molecular weight is 265 g/mol. The summed E-state index contributed by atoms with van der Waals surface area (Å²) in [5, 5.41) is 9.32. The van der Waals surface area contributed by atoms with Crippen LogP contribution >= 0.6 is 0 Å². The fourth-order valence-electron chi connectivity index (χ4n) is 2.42. The fourth-order valence-corrected chi connectivity index (χ4v) is 2.42. The Hall–Kier alpha value is -1.17. The lowest BCUT2D eigenvalue weighted by Gasteiger charge is -2.42. The molecule has 2 heterocycles. The summed E-state index contributed by atoms with van der Waals surface area (Å²) in [7, 11) is 0. The van der Waals surface area contributed by atoms with E-state index in [2.05, 4.69) is 9.88 Å². The summed E-state index contributed by atoms with van der Waals surface area (Å²) in [4.78, 5) is 6.61. The van der Waals surface area contributed by atoms with Crippen LogP contribution in [-0.2, 0) is 4.74 Å². The van der Waals surface area contributed by atoms with Gasteiger partial charge in [0, 0.05) is 25.3 Å². The molecule has 5 nitrogen and oxygen atoms in total. The Bertz CT molecular complexity index is 417. The first kappa shape index (κ1) is 14.2. The number of hydrogen-bond acceptors (Lipinski definition) is 5. The highest BCUT2D eigenvalue weighted by atomic mass is 16.5. The molecule has 0 amide bonds. The Labute approximate surface area is 114 Å². The summed E-state index contributed by atoms with van der Waals surface area (Å²) in [5.74, 6) is 0.902. The van der Waals surface area contributed by atoms with Crippen LogP contribution in [0.4, 0.5) is 5.82 Å². The zero-order valence-corrected chi connectivity index (χ0v) is 11.8. The van der Waals surface area contributed by atoms with Gasteiger partial charge in [0.2, 0.25) is 0 Å². The minimum absolute atomic E-state index is 0.00660. The predicted molar refractivity (Wildman–Crippen MR) is 75.1 cm³/mol. The number of aliphatic hydroxyl groups is 1. The largest absolute Gasteiger partial charge is 0.394 e. The Morgan fingerprint density at radius 2 is 2.32 bits per heavy atom. The first-order valence-corrected chi connectivity index (χ1v) is 6.66. The van der Waals surface area contributed by atoms with Gasteiger partial charge in [-0.1, -0.05) is 6.07 Å². The van der Waals surface area contributed by atoms with Crippen LogP contribution in [0.5, 0.6) is 0 Å². The van der Waals surface area contributed by atoms with Gasteiger partial charge in [-0.25, -0.2) is 4.98 Å². The molecular formula is C14H23N3O2. The van der Waals surface area contributed by atoms with E-state index in [1.807, 2.05) is 39.1 Å². The summed E-state index contributed by atoms with van der Waals surface area (Å²) >= 11 is 0. The zero-order valence-electron chi connectivity index (χ0n) is 11.8. The van der Waals surface area contributed by atoms with E-state index in [1.54, 1.807) is 0 Å². The van der Waals surface area contributed by atoms with Gasteiger partial charge in [-0.2, -0.15) is 0 Å². The monoisotopic (exact) mass is 265 g/mol. The molecule has 0 aliphatic carbocycles. The van der Waals surface area contributed by atoms with Gasteiger partial charge in [-0.15, -0.1) is 0 Å². The molecule has 0 bridgehead atoms. The molecule has 2 rings (SSSR count). The van der Waals surface area contributed by atoms with E-state index in [0.717, 1.165) is 17.9 Å². The van der Waals surface area contributed by atoms with Crippen molar-refractivity contribution in [2.45, 2.75) is 38.5 Å². The first-order valence-electron chi connectivity index (χ1n) is 6.66. The lowest BCUT2D eigenvalue weighted by molar-refractivity contribution is -0.101. The molecule has 0 saturated carbocycles. The van der Waals surface area contributed by atoms with Gasteiger partial charge in [0.25, 0.3) is 0 Å². The lowest BCUT2D eigenvalue weighted by Crippen LogP contribution is -2.54. The number of ether oxygens (including phenoxy) is 1. The molecule has 1 fully saturated rings. The SMILES string of the molecule is C[C@@H](N)c1ccc(N2CC(CO)OC(C)(C)C2)nc1. The molecule has 1 unspecified atom stereocenters. The second kappa shape index (κ2) is 5.45. The van der Waals surface area contributed by atoms with Gasteiger partial charge in [-0.05, 0) is 32.4 Å². The van der Waals surface area contributed by atoms with Crippen molar-refractivity contribution in [3.63, 3.8) is 0 Å². The molecule has 0 aromatic carbocycles. The molecule has 1 aliphatic rings. The third-order valence-electron chi connectivity index (χ3n) is 3.31. The van der Waals surface area contributed by atoms with Crippen molar-refractivity contribution < 1.29 is 9.84 Å². The Balaban J connectivity index is 2.16. The number of pyridine rings is 1. The maximum atomic E-state index is 9.32. The molecule has 1 aromatic heterocycles. The van der Waals surface area contributed by atoms with Crippen molar-refractivity contribution in [2.24, 2.45) is 5.73 Å². The van der Waals surface area contributed by atoms with E-state index < -0.39 is 0 Å². The van der Waals surface area contributed by atoms with Crippen molar-refractivity contribution >= 4 is 5.82 Å². The molecule has 3 N–H and O–H groups in total. The summed E-state index contributed by atoms with van der Waals surface area (Å²) in [5.41, 5.74) is 6.56. The van der Waals surface area contributed by atoms with Crippen LogP contribution in [-0.4, -0.2) is 41.5 Å². The first-order chi connectivity index (χ1) is 8.91. The number of aliphatic hydroxyl groups excluding tert-OH is 1. The molecule has 0 spiro atoms. The summed E-state index contributed by atoms with van der Waals surface area (Å²) < 4.78 is 5.80. The zero-order chi connectivity index (χ0) is 14.0. The number of anilines is 1. The van der Waals surface area contributed by atoms with Crippen LogP contribution in [0, 0.1) is 0 Å². The minimum Gasteiger partial charge on any atom is -0.394 e. The molecule has 1 aromatic rings. The van der Waals surface area contributed by atoms with Crippen LogP contribution < -0.4 is 10.6 Å². The van der Waals surface area contributed by atoms with Gasteiger partial charge in [0.15, 0.2) is 0 Å². The Morgan fingerprint density at radius 3 is 2.84 bits per heavy atom. The molecule has 5 heteroatoms. The van der Waals surface area contributed by atoms with E-state index in [0.29, 0.717) is 6.54 Å². The molecule has 19 heavy (non-hydrogen) atoms. The quantitative estimate of drug-likeness (QED) is 0.855. The fraction of sp³-hybridized carbons (Fsp3) is 0.643. The molecular weight excluding hydrogens is 242 g/mol. The van der Waals surface area contributed by atoms with E-state index in [1.165, 1.54) is 0 Å². The maximum Gasteiger partial charge on any atom is 0.128 e. The predicted octanol–water partition coefficient (Wildman–Crippen LogP) is 1.08. The smallest absolute Gasteiger partial charge is 0.128 e. The van der Waals surface area contributed by atoms with Crippen molar-refractivity contribution in [3.05, 3.63) is 23.9 Å². The molecule has 1 saturated heterocycles. The van der Waals surface area contributed by atoms with E-state index in [4.69, 9.17) is 10.5 Å². The van der Waals surface area contributed by atoms with Gasteiger partial charge in [0.1, 0.15) is 5.82 Å². The van der Waals surface area contributed by atoms with Crippen LogP contribution in [0.1, 0.15) is 32.4 Å². The third kappa shape index (κ3) is 3.43. The highest BCUT2D eigenvalue weighted by molar-refractivity contribution is 5.41. The standard InChI is InChI=1S/C14H23N3O2/c1-10(15)11-4-5-13(16-6-11)17-7-12(8-18)19-14(2,3)9-17/h4-6,10,12,18H,7-9,15H2,1-3H3/t10-,12?/m1/s1. The number of aromatic nitrogens is 1. The number of nitrogens with zero attached hydrogens (tertiary/aromatic N) is 2. The van der Waals surface area contributed by atoms with Crippen LogP contribution in [0.15, 0.2) is 18.3 Å². The third-order valence-corrected chi connectivity index (χ3v) is 3.31. The normalized spacial score (nSPS) is 24.3. The topological polar surface area (TPSA) is 71.6 Å².